The molecule has 2 heterocycles. The molecule has 0 atom stereocenters. The highest BCUT2D eigenvalue weighted by Crippen LogP contribution is 2.22. The number of aromatic nitrogens is 4. The first-order chi connectivity index (χ1) is 9.47. The minimum atomic E-state index is -1.26. The Morgan fingerprint density at radius 3 is 2.85 bits per heavy atom. The van der Waals surface area contributed by atoms with Gasteiger partial charge in [-0.1, -0.05) is 0 Å². The van der Waals surface area contributed by atoms with Gasteiger partial charge in [0.25, 0.3) is 0 Å². The van der Waals surface area contributed by atoms with Crippen molar-refractivity contribution in [2.45, 2.75) is 6.54 Å². The fourth-order valence-corrected chi connectivity index (χ4v) is 1.48. The van der Waals surface area contributed by atoms with Gasteiger partial charge < -0.3 is 10.4 Å². The van der Waals surface area contributed by atoms with E-state index < -0.39 is 10.9 Å². The second kappa shape index (κ2) is 5.30. The lowest BCUT2D eigenvalue weighted by Crippen LogP contribution is -2.09. The van der Waals surface area contributed by atoms with Crippen LogP contribution < -0.4 is 5.32 Å². The van der Waals surface area contributed by atoms with Gasteiger partial charge in [-0.3, -0.25) is 14.8 Å². The lowest BCUT2D eigenvalue weighted by Gasteiger charge is -2.04. The monoisotopic (exact) mass is 278 g/mol. The van der Waals surface area contributed by atoms with E-state index in [1.807, 2.05) is 0 Å². The van der Waals surface area contributed by atoms with E-state index in [-0.39, 0.29) is 23.7 Å². The molecule has 0 fully saturated rings. The summed E-state index contributed by atoms with van der Waals surface area (Å²) < 4.78 is 1.48. The first-order valence-electron chi connectivity index (χ1n) is 5.44. The largest absolute Gasteiger partial charge is 0.477 e. The van der Waals surface area contributed by atoms with E-state index in [0.29, 0.717) is 5.82 Å². The van der Waals surface area contributed by atoms with Gasteiger partial charge in [-0.2, -0.15) is 5.10 Å². The highest BCUT2D eigenvalue weighted by atomic mass is 16.6. The van der Waals surface area contributed by atoms with Crippen LogP contribution in [0.4, 0.5) is 11.5 Å². The van der Waals surface area contributed by atoms with Crippen LogP contribution in [0.3, 0.4) is 0 Å². The molecule has 2 rings (SSSR count). The molecule has 10 heteroatoms. The molecule has 0 aromatic carbocycles. The number of aryl methyl sites for hydroxylation is 1. The zero-order chi connectivity index (χ0) is 14.7. The van der Waals surface area contributed by atoms with Crippen LogP contribution in [0, 0.1) is 10.1 Å². The number of nitrogens with one attached hydrogen (secondary N) is 1. The topological polar surface area (TPSA) is 136 Å². The quantitative estimate of drug-likeness (QED) is 0.593. The van der Waals surface area contributed by atoms with Gasteiger partial charge in [-0.15, -0.1) is 0 Å². The molecule has 0 spiro atoms. The number of carbonyl (C=O) groups is 1. The normalized spacial score (nSPS) is 10.2. The van der Waals surface area contributed by atoms with Crippen molar-refractivity contribution in [2.75, 3.05) is 5.32 Å². The molecule has 0 amide bonds. The number of aromatic carboxylic acids is 1. The van der Waals surface area contributed by atoms with Crippen molar-refractivity contribution in [3.8, 4) is 0 Å². The van der Waals surface area contributed by atoms with Crippen LogP contribution in [-0.4, -0.2) is 35.7 Å². The van der Waals surface area contributed by atoms with Crippen LogP contribution in [0.2, 0.25) is 0 Å². The highest BCUT2D eigenvalue weighted by molar-refractivity contribution is 5.86. The van der Waals surface area contributed by atoms with Crippen molar-refractivity contribution in [3.05, 3.63) is 40.1 Å². The molecule has 0 saturated carbocycles. The van der Waals surface area contributed by atoms with Gasteiger partial charge in [0, 0.05) is 13.1 Å². The van der Waals surface area contributed by atoms with E-state index in [0.717, 1.165) is 12.1 Å². The summed E-state index contributed by atoms with van der Waals surface area (Å²) in [4.78, 5) is 28.7. The maximum absolute atomic E-state index is 10.9. The molecular formula is C10H10N6O4. The third-order valence-electron chi connectivity index (χ3n) is 2.35. The third kappa shape index (κ3) is 2.85. The van der Waals surface area contributed by atoms with E-state index >= 15 is 0 Å². The number of carboxylic acids is 1. The Morgan fingerprint density at radius 1 is 1.55 bits per heavy atom. The SMILES string of the molecule is Cn1cnc(CNc2nc(C(=O)O)ccc2[N+](=O)[O-])n1. The molecule has 0 aliphatic heterocycles. The number of nitro groups is 1. The highest BCUT2D eigenvalue weighted by Gasteiger charge is 2.18. The first kappa shape index (κ1) is 13.4. The molecule has 2 N–H and O–H groups in total. The Morgan fingerprint density at radius 2 is 2.30 bits per heavy atom. The average Bonchev–Trinajstić information content (AvgIpc) is 2.81. The lowest BCUT2D eigenvalue weighted by molar-refractivity contribution is -0.384. The number of hydrogen-bond donors (Lipinski definition) is 2. The van der Waals surface area contributed by atoms with Gasteiger partial charge in [0.1, 0.15) is 6.33 Å². The summed E-state index contributed by atoms with van der Waals surface area (Å²) in [5, 5.41) is 26.4. The molecular weight excluding hydrogens is 268 g/mol. The zero-order valence-electron chi connectivity index (χ0n) is 10.3. The molecule has 2 aromatic heterocycles. The number of carboxylic acid groups (broad SMARTS) is 1. The summed E-state index contributed by atoms with van der Waals surface area (Å²) in [7, 11) is 1.68. The van der Waals surface area contributed by atoms with Gasteiger partial charge in [-0.05, 0) is 6.07 Å². The fourth-order valence-electron chi connectivity index (χ4n) is 1.48. The summed E-state index contributed by atoms with van der Waals surface area (Å²) in [6.45, 7) is 0.0950. The Hall–Kier alpha value is -3.04. The second-order valence-electron chi connectivity index (χ2n) is 3.81. The van der Waals surface area contributed by atoms with Crippen molar-refractivity contribution >= 4 is 17.5 Å². The van der Waals surface area contributed by atoms with E-state index in [4.69, 9.17) is 5.11 Å². The van der Waals surface area contributed by atoms with E-state index in [1.54, 1.807) is 7.05 Å². The van der Waals surface area contributed by atoms with Gasteiger partial charge in [0.05, 0.1) is 11.5 Å². The van der Waals surface area contributed by atoms with Crippen LogP contribution in [0.15, 0.2) is 18.5 Å². The molecule has 0 bridgehead atoms. The van der Waals surface area contributed by atoms with Crippen molar-refractivity contribution < 1.29 is 14.8 Å². The van der Waals surface area contributed by atoms with Crippen molar-refractivity contribution in [1.82, 2.24) is 19.7 Å². The standard InChI is InChI=1S/C10H10N6O4/c1-15-5-12-8(14-15)4-11-9-7(16(19)20)3-2-6(13-9)10(17)18/h2-3,5H,4H2,1H3,(H,11,13)(H,17,18). The van der Waals surface area contributed by atoms with Crippen LogP contribution in [0.1, 0.15) is 16.3 Å². The van der Waals surface area contributed by atoms with E-state index in [1.165, 1.54) is 11.0 Å². The number of anilines is 1. The first-order valence-corrected chi connectivity index (χ1v) is 5.44. The van der Waals surface area contributed by atoms with Crippen molar-refractivity contribution in [3.63, 3.8) is 0 Å². The summed E-state index contributed by atoms with van der Waals surface area (Å²) in [6, 6.07) is 2.16. The van der Waals surface area contributed by atoms with Crippen LogP contribution in [0.5, 0.6) is 0 Å². The van der Waals surface area contributed by atoms with Crippen molar-refractivity contribution in [2.24, 2.45) is 7.05 Å². The molecule has 0 unspecified atom stereocenters. The van der Waals surface area contributed by atoms with Crippen LogP contribution in [-0.2, 0) is 13.6 Å². The summed E-state index contributed by atoms with van der Waals surface area (Å²) in [5.41, 5.74) is -0.599. The molecule has 10 nitrogen and oxygen atoms in total. The van der Waals surface area contributed by atoms with Crippen LogP contribution >= 0.6 is 0 Å². The number of rotatable bonds is 5. The molecule has 20 heavy (non-hydrogen) atoms. The smallest absolute Gasteiger partial charge is 0.354 e. The van der Waals surface area contributed by atoms with Gasteiger partial charge in [0.2, 0.25) is 5.82 Å². The molecule has 2 aromatic rings. The number of pyridine rings is 1. The number of nitrogens with zero attached hydrogens (tertiary/aromatic N) is 5. The molecule has 0 aliphatic rings. The predicted molar refractivity (Wildman–Crippen MR) is 66.2 cm³/mol. The predicted octanol–water partition coefficient (Wildman–Crippen LogP) is 0.429. The maximum atomic E-state index is 10.9. The second-order valence-corrected chi connectivity index (χ2v) is 3.81. The van der Waals surface area contributed by atoms with E-state index in [2.05, 4.69) is 20.4 Å². The summed E-state index contributed by atoms with van der Waals surface area (Å²) in [6.07, 6.45) is 1.48. The zero-order valence-corrected chi connectivity index (χ0v) is 10.3. The third-order valence-corrected chi connectivity index (χ3v) is 2.35. The van der Waals surface area contributed by atoms with E-state index in [9.17, 15) is 14.9 Å². The Balaban J connectivity index is 2.25. The fraction of sp³-hybridized carbons (Fsp3) is 0.200. The molecule has 0 radical (unpaired) electrons. The molecule has 0 aliphatic carbocycles. The number of hydrogen-bond acceptors (Lipinski definition) is 7. The average molecular weight is 278 g/mol. The summed E-state index contributed by atoms with van der Waals surface area (Å²) in [5.74, 6) is -0.995. The molecule has 104 valence electrons. The maximum Gasteiger partial charge on any atom is 0.354 e. The Bertz CT molecular complexity index is 668. The molecule has 0 saturated heterocycles. The minimum absolute atomic E-state index is 0.0950. The van der Waals surface area contributed by atoms with Gasteiger partial charge in [-0.25, -0.2) is 14.8 Å². The summed E-state index contributed by atoms with van der Waals surface area (Å²) >= 11 is 0. The van der Waals surface area contributed by atoms with Crippen molar-refractivity contribution in [1.29, 1.82) is 0 Å². The Kier molecular flexibility index (Phi) is 3.55. The lowest BCUT2D eigenvalue weighted by atomic mass is 10.3. The minimum Gasteiger partial charge on any atom is -0.477 e. The van der Waals surface area contributed by atoms with Gasteiger partial charge >= 0.3 is 11.7 Å². The van der Waals surface area contributed by atoms with Gasteiger partial charge in [0.15, 0.2) is 11.5 Å². The van der Waals surface area contributed by atoms with Crippen LogP contribution in [0.25, 0.3) is 0 Å². The Labute approximate surface area is 112 Å².